The van der Waals surface area contributed by atoms with Gasteiger partial charge in [0.2, 0.25) is 0 Å². The monoisotopic (exact) mass is 252 g/mol. The number of hydrogen-bond donors (Lipinski definition) is 1. The summed E-state index contributed by atoms with van der Waals surface area (Å²) in [7, 11) is 0. The zero-order chi connectivity index (χ0) is 13.1. The number of nitrogens with one attached hydrogen (secondary N) is 1. The molecule has 1 aliphatic rings. The fourth-order valence-corrected chi connectivity index (χ4v) is 1.91. The predicted molar refractivity (Wildman–Crippen MR) is 58.6 cm³/mol. The molecule has 0 spiro atoms. The van der Waals surface area contributed by atoms with Crippen LogP contribution in [0.2, 0.25) is 0 Å². The molecule has 1 rings (SSSR count). The van der Waals surface area contributed by atoms with Crippen molar-refractivity contribution in [1.82, 2.24) is 10.2 Å². The Hall–Kier alpha value is -0.940. The van der Waals surface area contributed by atoms with E-state index < -0.39 is 18.6 Å². The van der Waals surface area contributed by atoms with Crippen molar-refractivity contribution in [2.45, 2.75) is 45.3 Å². The van der Waals surface area contributed by atoms with Gasteiger partial charge in [0.15, 0.2) is 0 Å². The van der Waals surface area contributed by atoms with E-state index in [4.69, 9.17) is 0 Å². The first-order valence-corrected chi connectivity index (χ1v) is 5.90. The highest BCUT2D eigenvalue weighted by Crippen LogP contribution is 2.21. The topological polar surface area (TPSA) is 32.3 Å². The van der Waals surface area contributed by atoms with Crippen LogP contribution in [0, 0.1) is 5.92 Å². The lowest BCUT2D eigenvalue weighted by Gasteiger charge is -2.31. The normalized spacial score (nSPS) is 20.2. The van der Waals surface area contributed by atoms with Gasteiger partial charge in [-0.3, -0.25) is 0 Å². The van der Waals surface area contributed by atoms with Crippen molar-refractivity contribution >= 4 is 6.03 Å². The lowest BCUT2D eigenvalue weighted by atomic mass is 10.00. The molecule has 0 aromatic rings. The second-order valence-corrected chi connectivity index (χ2v) is 4.84. The maximum Gasteiger partial charge on any atom is 0.391 e. The Morgan fingerprint density at radius 1 is 1.41 bits per heavy atom. The Balaban J connectivity index is 2.33. The molecule has 1 unspecified atom stereocenters. The Morgan fingerprint density at radius 2 is 1.94 bits per heavy atom. The Labute approximate surface area is 99.4 Å². The number of carbonyl (C=O) groups excluding carboxylic acids is 1. The highest BCUT2D eigenvalue weighted by Gasteiger charge is 2.31. The van der Waals surface area contributed by atoms with Crippen LogP contribution in [0.4, 0.5) is 18.0 Å². The molecule has 100 valence electrons. The first-order valence-electron chi connectivity index (χ1n) is 5.90. The Morgan fingerprint density at radius 3 is 2.41 bits per heavy atom. The first kappa shape index (κ1) is 14.1. The van der Waals surface area contributed by atoms with Crippen LogP contribution in [0.1, 0.15) is 33.1 Å². The molecule has 1 saturated heterocycles. The molecule has 2 amide bonds. The summed E-state index contributed by atoms with van der Waals surface area (Å²) in [5.41, 5.74) is 0. The lowest BCUT2D eigenvalue weighted by Crippen LogP contribution is -2.47. The summed E-state index contributed by atoms with van der Waals surface area (Å²) in [5, 5.41) is 2.39. The third-order valence-corrected chi connectivity index (χ3v) is 2.98. The van der Waals surface area contributed by atoms with Crippen molar-refractivity contribution < 1.29 is 18.0 Å². The van der Waals surface area contributed by atoms with Gasteiger partial charge in [0.05, 0.1) is 6.42 Å². The fraction of sp³-hybridized carbons (Fsp3) is 0.909. The minimum absolute atomic E-state index is 0.381. The minimum atomic E-state index is -4.23. The van der Waals surface area contributed by atoms with Crippen LogP contribution >= 0.6 is 0 Å². The summed E-state index contributed by atoms with van der Waals surface area (Å²) < 4.78 is 36.3. The van der Waals surface area contributed by atoms with Crippen LogP contribution in [0.25, 0.3) is 0 Å². The van der Waals surface area contributed by atoms with Gasteiger partial charge >= 0.3 is 12.2 Å². The average molecular weight is 252 g/mol. The molecule has 0 aromatic heterocycles. The van der Waals surface area contributed by atoms with Gasteiger partial charge in [0, 0.05) is 19.1 Å². The predicted octanol–water partition coefficient (Wildman–Crippen LogP) is 2.77. The summed E-state index contributed by atoms with van der Waals surface area (Å²) in [4.78, 5) is 13.2. The zero-order valence-electron chi connectivity index (χ0n) is 10.2. The molecule has 1 fully saturated rings. The summed E-state index contributed by atoms with van der Waals surface area (Å²) in [6.45, 7) is 4.75. The molecule has 1 N–H and O–H groups in total. The van der Waals surface area contributed by atoms with Gasteiger partial charge in [-0.05, 0) is 25.7 Å². The lowest BCUT2D eigenvalue weighted by molar-refractivity contribution is -0.138. The second-order valence-electron chi connectivity index (χ2n) is 4.84. The van der Waals surface area contributed by atoms with Gasteiger partial charge in [-0.25, -0.2) is 4.79 Å². The van der Waals surface area contributed by atoms with Gasteiger partial charge in [-0.15, -0.1) is 0 Å². The van der Waals surface area contributed by atoms with Crippen LogP contribution in [-0.4, -0.2) is 36.2 Å². The van der Waals surface area contributed by atoms with Crippen LogP contribution in [0.15, 0.2) is 0 Å². The maximum atomic E-state index is 12.1. The number of likely N-dealkylation sites (tertiary alicyclic amines) is 1. The van der Waals surface area contributed by atoms with Crippen molar-refractivity contribution in [1.29, 1.82) is 0 Å². The van der Waals surface area contributed by atoms with E-state index in [-0.39, 0.29) is 6.03 Å². The molecule has 0 saturated carbocycles. The van der Waals surface area contributed by atoms with E-state index in [2.05, 4.69) is 12.2 Å². The van der Waals surface area contributed by atoms with E-state index in [1.54, 1.807) is 4.90 Å². The van der Waals surface area contributed by atoms with E-state index in [0.29, 0.717) is 19.0 Å². The molecule has 6 heteroatoms. The van der Waals surface area contributed by atoms with E-state index in [1.807, 2.05) is 0 Å². The standard InChI is InChI=1S/C11H19F3N2O/c1-8-3-5-16(6-4-8)10(17)15-9(2)7-11(12,13)14/h8-9H,3-7H2,1-2H3,(H,15,17). The molecule has 0 aromatic carbocycles. The first-order chi connectivity index (χ1) is 7.78. The van der Waals surface area contributed by atoms with Crippen molar-refractivity contribution in [3.63, 3.8) is 0 Å². The SMILES string of the molecule is CC1CCN(C(=O)NC(C)CC(F)(F)F)CC1. The number of amides is 2. The van der Waals surface area contributed by atoms with Crippen molar-refractivity contribution in [2.75, 3.05) is 13.1 Å². The summed E-state index contributed by atoms with van der Waals surface area (Å²) in [6, 6.07) is -1.25. The fourth-order valence-electron chi connectivity index (χ4n) is 1.91. The molecule has 17 heavy (non-hydrogen) atoms. The van der Waals surface area contributed by atoms with E-state index in [9.17, 15) is 18.0 Å². The summed E-state index contributed by atoms with van der Waals surface area (Å²) in [6.07, 6.45) is -3.38. The minimum Gasteiger partial charge on any atom is -0.335 e. The average Bonchev–Trinajstić information content (AvgIpc) is 2.15. The molecule has 1 atom stereocenters. The van der Waals surface area contributed by atoms with E-state index in [1.165, 1.54) is 6.92 Å². The molecule has 1 heterocycles. The van der Waals surface area contributed by atoms with Gasteiger partial charge in [0.1, 0.15) is 0 Å². The number of halogens is 3. The molecule has 1 aliphatic heterocycles. The quantitative estimate of drug-likeness (QED) is 0.805. The molecule has 0 bridgehead atoms. The highest BCUT2D eigenvalue weighted by molar-refractivity contribution is 5.74. The third-order valence-electron chi connectivity index (χ3n) is 2.98. The molecule has 3 nitrogen and oxygen atoms in total. The highest BCUT2D eigenvalue weighted by atomic mass is 19.4. The van der Waals surface area contributed by atoms with Crippen LogP contribution in [0.3, 0.4) is 0 Å². The largest absolute Gasteiger partial charge is 0.391 e. The number of piperidine rings is 1. The van der Waals surface area contributed by atoms with Crippen molar-refractivity contribution in [3.05, 3.63) is 0 Å². The molecule has 0 radical (unpaired) electrons. The van der Waals surface area contributed by atoms with Crippen molar-refractivity contribution in [3.8, 4) is 0 Å². The van der Waals surface area contributed by atoms with Crippen molar-refractivity contribution in [2.24, 2.45) is 5.92 Å². The van der Waals surface area contributed by atoms with Crippen LogP contribution < -0.4 is 5.32 Å². The number of hydrogen-bond acceptors (Lipinski definition) is 1. The van der Waals surface area contributed by atoms with E-state index >= 15 is 0 Å². The number of rotatable bonds is 2. The summed E-state index contributed by atoms with van der Waals surface area (Å²) >= 11 is 0. The zero-order valence-corrected chi connectivity index (χ0v) is 10.2. The summed E-state index contributed by atoms with van der Waals surface area (Å²) in [5.74, 6) is 0.589. The van der Waals surface area contributed by atoms with Crippen LogP contribution in [-0.2, 0) is 0 Å². The van der Waals surface area contributed by atoms with Gasteiger partial charge in [0.25, 0.3) is 0 Å². The van der Waals surface area contributed by atoms with Gasteiger partial charge < -0.3 is 10.2 Å². The smallest absolute Gasteiger partial charge is 0.335 e. The van der Waals surface area contributed by atoms with Gasteiger partial charge in [-0.1, -0.05) is 6.92 Å². The number of nitrogens with zero attached hydrogens (tertiary/aromatic N) is 1. The number of carbonyl (C=O) groups is 1. The maximum absolute atomic E-state index is 12.1. The van der Waals surface area contributed by atoms with Crippen LogP contribution in [0.5, 0.6) is 0 Å². The van der Waals surface area contributed by atoms with E-state index in [0.717, 1.165) is 12.8 Å². The molecular weight excluding hydrogens is 233 g/mol. The van der Waals surface area contributed by atoms with Gasteiger partial charge in [-0.2, -0.15) is 13.2 Å². The molecule has 0 aliphatic carbocycles. The number of alkyl halides is 3. The third kappa shape index (κ3) is 5.28. The Kier molecular flexibility index (Phi) is 4.65. The second kappa shape index (κ2) is 5.60. The Bertz CT molecular complexity index is 260. The molecular formula is C11H19F3N2O. The number of urea groups is 1.